The molecule has 1 aliphatic carbocycles. The van der Waals surface area contributed by atoms with Crippen LogP contribution in [0.15, 0.2) is 12.2 Å². The number of carbonyl (C=O) groups excluding carboxylic acids is 2. The summed E-state index contributed by atoms with van der Waals surface area (Å²) in [4.78, 5) is 23.1. The summed E-state index contributed by atoms with van der Waals surface area (Å²) in [5.41, 5.74) is 0. The fourth-order valence-corrected chi connectivity index (χ4v) is 4.35. The minimum absolute atomic E-state index is 0.172. The maximum Gasteiger partial charge on any atom is 0.305 e. The number of ether oxygens (including phenoxy) is 1. The van der Waals surface area contributed by atoms with Crippen LogP contribution in [0.3, 0.4) is 0 Å². The second-order valence-electron chi connectivity index (χ2n) is 7.41. The molecule has 1 aliphatic rings. The van der Waals surface area contributed by atoms with Gasteiger partial charge in [-0.15, -0.1) is 0 Å². The highest BCUT2D eigenvalue weighted by Gasteiger charge is 2.39. The Bertz CT molecular complexity index is 449. The number of ketones is 1. The summed E-state index contributed by atoms with van der Waals surface area (Å²) in [6, 6.07) is 0. The second-order valence-corrected chi connectivity index (χ2v) is 8.07. The average Bonchev–Trinajstić information content (AvgIpc) is 2.89. The van der Waals surface area contributed by atoms with Crippen molar-refractivity contribution in [2.75, 3.05) is 7.11 Å². The molecule has 4 nitrogen and oxygen atoms in total. The Morgan fingerprint density at radius 2 is 1.88 bits per heavy atom. The summed E-state index contributed by atoms with van der Waals surface area (Å²) in [6.07, 6.45) is 12.8. The number of aliphatic hydroxyl groups is 1. The molecule has 0 aliphatic heterocycles. The molecule has 0 saturated heterocycles. The summed E-state index contributed by atoms with van der Waals surface area (Å²) in [5.74, 6) is 0.643. The Morgan fingerprint density at radius 1 is 1.12 bits per heavy atom. The van der Waals surface area contributed by atoms with Gasteiger partial charge >= 0.3 is 5.97 Å². The molecule has 0 aromatic rings. The van der Waals surface area contributed by atoms with Gasteiger partial charge < -0.3 is 9.84 Å². The number of esters is 1. The molecule has 1 rings (SSSR count). The van der Waals surface area contributed by atoms with Crippen molar-refractivity contribution >= 4 is 24.4 Å². The fourth-order valence-electron chi connectivity index (χ4n) is 3.77. The first kappa shape index (κ1) is 23.2. The zero-order valence-corrected chi connectivity index (χ0v) is 17.3. The van der Waals surface area contributed by atoms with E-state index in [1.807, 2.05) is 0 Å². The number of unbranched alkanes of at least 4 members (excludes halogenated alkanes) is 3. The zero-order chi connectivity index (χ0) is 19.4. The van der Waals surface area contributed by atoms with Crippen LogP contribution >= 0.6 is 12.6 Å². The van der Waals surface area contributed by atoms with E-state index >= 15 is 0 Å². The molecule has 5 heteroatoms. The van der Waals surface area contributed by atoms with Crippen molar-refractivity contribution in [3.05, 3.63) is 12.2 Å². The van der Waals surface area contributed by atoms with Gasteiger partial charge in [0.2, 0.25) is 0 Å². The molecule has 150 valence electrons. The highest BCUT2D eigenvalue weighted by molar-refractivity contribution is 7.81. The zero-order valence-electron chi connectivity index (χ0n) is 16.4. The molecule has 0 heterocycles. The molecule has 0 aromatic carbocycles. The third-order valence-electron chi connectivity index (χ3n) is 5.39. The Labute approximate surface area is 164 Å². The van der Waals surface area contributed by atoms with Gasteiger partial charge in [0.1, 0.15) is 5.78 Å². The molecule has 1 saturated carbocycles. The van der Waals surface area contributed by atoms with E-state index in [1.165, 1.54) is 7.11 Å². The van der Waals surface area contributed by atoms with E-state index in [0.29, 0.717) is 37.4 Å². The minimum atomic E-state index is -0.336. The van der Waals surface area contributed by atoms with Crippen LogP contribution in [0.5, 0.6) is 0 Å². The van der Waals surface area contributed by atoms with Crippen molar-refractivity contribution in [2.45, 2.75) is 88.9 Å². The van der Waals surface area contributed by atoms with Crippen LogP contribution in [-0.2, 0) is 14.3 Å². The van der Waals surface area contributed by atoms with E-state index in [9.17, 15) is 14.7 Å². The van der Waals surface area contributed by atoms with Gasteiger partial charge in [0, 0.05) is 24.5 Å². The van der Waals surface area contributed by atoms with Gasteiger partial charge in [0.15, 0.2) is 0 Å². The van der Waals surface area contributed by atoms with Gasteiger partial charge in [0.25, 0.3) is 0 Å². The molecule has 26 heavy (non-hydrogen) atoms. The molecule has 1 N–H and O–H groups in total. The van der Waals surface area contributed by atoms with Crippen molar-refractivity contribution in [1.82, 2.24) is 0 Å². The van der Waals surface area contributed by atoms with E-state index < -0.39 is 0 Å². The average molecular weight is 385 g/mol. The van der Waals surface area contributed by atoms with E-state index in [-0.39, 0.29) is 23.2 Å². The number of methoxy groups -OCH3 is 1. The van der Waals surface area contributed by atoms with E-state index in [4.69, 9.17) is 0 Å². The summed E-state index contributed by atoms with van der Waals surface area (Å²) in [5, 5.41) is 10.5. The summed E-state index contributed by atoms with van der Waals surface area (Å²) in [6.45, 7) is 2.14. The molecular formula is C21H36O4S. The molecule has 0 radical (unpaired) electrons. The lowest BCUT2D eigenvalue weighted by molar-refractivity contribution is -0.140. The van der Waals surface area contributed by atoms with Crippen LogP contribution in [0.25, 0.3) is 0 Å². The first-order valence-corrected chi connectivity index (χ1v) is 10.6. The number of rotatable bonds is 13. The number of thiol groups is 1. The molecule has 4 atom stereocenters. The van der Waals surface area contributed by atoms with Crippen LogP contribution in [0, 0.1) is 11.8 Å². The van der Waals surface area contributed by atoms with E-state index in [2.05, 4.69) is 36.4 Å². The van der Waals surface area contributed by atoms with Crippen molar-refractivity contribution in [3.63, 3.8) is 0 Å². The molecular weight excluding hydrogens is 348 g/mol. The summed E-state index contributed by atoms with van der Waals surface area (Å²) < 4.78 is 4.62. The third kappa shape index (κ3) is 8.72. The highest BCUT2D eigenvalue weighted by atomic mass is 32.1. The molecule has 1 fully saturated rings. The molecule has 0 aromatic heterocycles. The van der Waals surface area contributed by atoms with Gasteiger partial charge in [0.05, 0.1) is 13.2 Å². The fraction of sp³-hybridized carbons (Fsp3) is 0.810. The summed E-state index contributed by atoms with van der Waals surface area (Å²) in [7, 11) is 1.40. The van der Waals surface area contributed by atoms with Crippen LogP contribution in [0.4, 0.5) is 0 Å². The molecule has 0 bridgehead atoms. The molecule has 2 unspecified atom stereocenters. The van der Waals surface area contributed by atoms with Gasteiger partial charge in [-0.3, -0.25) is 9.59 Å². The smallest absolute Gasteiger partial charge is 0.305 e. The Hall–Kier alpha value is -0.810. The lowest BCUT2D eigenvalue weighted by Crippen LogP contribution is -2.21. The number of Topliss-reactive ketones (excluding diaryl/α,β-unsaturated/α-hetero) is 1. The molecule has 0 spiro atoms. The predicted octanol–water partition coefficient (Wildman–Crippen LogP) is 4.50. The van der Waals surface area contributed by atoms with Crippen molar-refractivity contribution in [3.8, 4) is 0 Å². The van der Waals surface area contributed by atoms with Crippen molar-refractivity contribution in [1.29, 1.82) is 0 Å². The Balaban J connectivity index is 2.36. The van der Waals surface area contributed by atoms with Crippen LogP contribution in [0.1, 0.15) is 77.6 Å². The largest absolute Gasteiger partial charge is 0.469 e. The Kier molecular flexibility index (Phi) is 11.9. The van der Waals surface area contributed by atoms with Crippen LogP contribution < -0.4 is 0 Å². The van der Waals surface area contributed by atoms with Crippen LogP contribution in [-0.4, -0.2) is 35.3 Å². The number of aliphatic hydroxyl groups excluding tert-OH is 1. The first-order valence-electron chi connectivity index (χ1n) is 10.1. The standard InChI is InChI=1S/C21H36O4S/c1-3-4-7-10-16(22)13-14-18-17(19(23)15-20(18)26)11-8-5-6-9-12-21(24)25-2/h5,8,17-20,23,26H,3-4,6-7,9-15H2,1-2H3/b8-5-/t17?,18-,19?,20-/m1/s1. The predicted molar refractivity (Wildman–Crippen MR) is 108 cm³/mol. The number of carbonyl (C=O) groups is 2. The van der Waals surface area contributed by atoms with Gasteiger partial charge in [-0.25, -0.2) is 0 Å². The first-order chi connectivity index (χ1) is 12.5. The van der Waals surface area contributed by atoms with Crippen molar-refractivity contribution in [2.24, 2.45) is 11.8 Å². The van der Waals surface area contributed by atoms with E-state index in [0.717, 1.165) is 44.9 Å². The van der Waals surface area contributed by atoms with Gasteiger partial charge in [-0.1, -0.05) is 31.9 Å². The number of allylic oxidation sites excluding steroid dienone is 2. The Morgan fingerprint density at radius 3 is 2.58 bits per heavy atom. The van der Waals surface area contributed by atoms with Gasteiger partial charge in [-0.05, 0) is 50.4 Å². The minimum Gasteiger partial charge on any atom is -0.469 e. The monoisotopic (exact) mass is 384 g/mol. The maximum atomic E-state index is 12.0. The quantitative estimate of drug-likeness (QED) is 0.212. The second kappa shape index (κ2) is 13.4. The number of hydrogen-bond donors (Lipinski definition) is 2. The highest BCUT2D eigenvalue weighted by Crippen LogP contribution is 2.41. The van der Waals surface area contributed by atoms with Crippen molar-refractivity contribution < 1.29 is 19.4 Å². The summed E-state index contributed by atoms with van der Waals surface area (Å²) >= 11 is 4.66. The van der Waals surface area contributed by atoms with Crippen LogP contribution in [0.2, 0.25) is 0 Å². The SMILES string of the molecule is CCCCCC(=O)CC[C@@H]1C(C/C=C\CCCC(=O)OC)C(O)C[C@H]1S. The van der Waals surface area contributed by atoms with Gasteiger partial charge in [-0.2, -0.15) is 12.6 Å². The lowest BCUT2D eigenvalue weighted by Gasteiger charge is -2.22. The maximum absolute atomic E-state index is 12.0. The normalized spacial score (nSPS) is 25.7. The molecule has 0 amide bonds. The number of hydrogen-bond acceptors (Lipinski definition) is 5. The van der Waals surface area contributed by atoms with E-state index in [1.54, 1.807) is 0 Å². The third-order valence-corrected chi connectivity index (χ3v) is 5.99. The lowest BCUT2D eigenvalue weighted by atomic mass is 9.86. The topological polar surface area (TPSA) is 63.6 Å².